The number of aliphatic hydroxyl groups excluding tert-OH is 5. The van der Waals surface area contributed by atoms with Crippen LogP contribution in [0.4, 0.5) is 0 Å². The van der Waals surface area contributed by atoms with Crippen LogP contribution < -0.4 is 0 Å². The molecule has 1 fully saturated rings. The van der Waals surface area contributed by atoms with E-state index in [9.17, 15) is 44.6 Å². The molecular formula is C37H57O13P. The van der Waals surface area contributed by atoms with Gasteiger partial charge in [0, 0.05) is 6.42 Å². The van der Waals surface area contributed by atoms with Crippen molar-refractivity contribution in [1.82, 2.24) is 0 Å². The summed E-state index contributed by atoms with van der Waals surface area (Å²) < 4.78 is 33.0. The number of phosphoric ester groups is 1. The Balaban J connectivity index is 2.68. The average Bonchev–Trinajstić information content (AvgIpc) is 3.10. The van der Waals surface area contributed by atoms with Gasteiger partial charge in [-0.05, 0) is 44.9 Å². The highest BCUT2D eigenvalue weighted by atomic mass is 31.2. The van der Waals surface area contributed by atoms with Gasteiger partial charge in [-0.1, -0.05) is 105 Å². The van der Waals surface area contributed by atoms with Crippen molar-refractivity contribution < 1.29 is 63.1 Å². The van der Waals surface area contributed by atoms with Crippen LogP contribution in [0.3, 0.4) is 0 Å². The minimum Gasteiger partial charge on any atom is -0.461 e. The maximum Gasteiger partial charge on any atom is 0.472 e. The van der Waals surface area contributed by atoms with Crippen LogP contribution in [0.2, 0.25) is 0 Å². The molecule has 7 unspecified atom stereocenters. The van der Waals surface area contributed by atoms with Crippen LogP contribution in [0.15, 0.2) is 85.1 Å². The van der Waals surface area contributed by atoms with E-state index in [0.717, 1.165) is 38.5 Å². The van der Waals surface area contributed by atoms with Crippen LogP contribution in [-0.4, -0.2) is 98.3 Å². The van der Waals surface area contributed by atoms with E-state index in [1.54, 1.807) is 12.2 Å². The van der Waals surface area contributed by atoms with Gasteiger partial charge in [0.25, 0.3) is 0 Å². The van der Waals surface area contributed by atoms with Crippen molar-refractivity contribution in [3.8, 4) is 0 Å². The number of hydrogen-bond acceptors (Lipinski definition) is 12. The number of carbonyl (C=O) groups is 2. The van der Waals surface area contributed by atoms with Crippen molar-refractivity contribution in [3.05, 3.63) is 85.1 Å². The van der Waals surface area contributed by atoms with E-state index >= 15 is 0 Å². The van der Waals surface area contributed by atoms with Crippen molar-refractivity contribution in [2.45, 2.75) is 121 Å². The second kappa shape index (κ2) is 27.7. The first-order valence-corrected chi connectivity index (χ1v) is 18.9. The Labute approximate surface area is 301 Å². The third-order valence-corrected chi connectivity index (χ3v) is 8.34. The standard InChI is InChI=1S/C37H57O13P/c1-3-5-7-9-11-13-14-15-16-18-20-22-24-26-31(39)49-29(27-47-30(38)25-23-21-19-17-12-10-8-6-4-2)28-48-51(45,46)50-37-35(43)33(41)32(40)34(42)36(37)44/h5-9,11-17,21,23,29,32-37,40-44H,3-4,10,18-20,22,24-28H2,1-2H3,(H,45,46)/b7-5+,8-6+,11-9+,14-13+,16-15+,17-12+,23-21+/t29?,32?,33-,34?,35?,36?,37?/m1/s1. The lowest BCUT2D eigenvalue weighted by Gasteiger charge is -2.41. The molecule has 288 valence electrons. The molecule has 0 amide bonds. The van der Waals surface area contributed by atoms with Gasteiger partial charge in [0.05, 0.1) is 13.0 Å². The van der Waals surface area contributed by atoms with E-state index in [0.29, 0.717) is 12.8 Å². The quantitative estimate of drug-likeness (QED) is 0.0249. The molecule has 0 aromatic carbocycles. The number of carbonyl (C=O) groups excluding carboxylic acids is 2. The van der Waals surface area contributed by atoms with E-state index in [4.69, 9.17) is 18.5 Å². The highest BCUT2D eigenvalue weighted by Crippen LogP contribution is 2.47. The number of phosphoric acid groups is 1. The minimum atomic E-state index is -5.14. The van der Waals surface area contributed by atoms with E-state index < -0.39 is 75.7 Å². The fourth-order valence-corrected chi connectivity index (χ4v) is 5.50. The van der Waals surface area contributed by atoms with Crippen LogP contribution >= 0.6 is 7.82 Å². The Kier molecular flexibility index (Phi) is 25.0. The Morgan fingerprint density at radius 3 is 1.82 bits per heavy atom. The third-order valence-electron chi connectivity index (χ3n) is 7.36. The molecule has 0 aromatic heterocycles. The fourth-order valence-electron chi connectivity index (χ4n) is 4.53. The van der Waals surface area contributed by atoms with E-state index in [2.05, 4.69) is 32.1 Å². The molecule has 13 nitrogen and oxygen atoms in total. The highest BCUT2D eigenvalue weighted by Gasteiger charge is 2.51. The van der Waals surface area contributed by atoms with Crippen LogP contribution in [0.5, 0.6) is 0 Å². The monoisotopic (exact) mass is 740 g/mol. The Morgan fingerprint density at radius 1 is 0.647 bits per heavy atom. The fraction of sp³-hybridized carbons (Fsp3) is 0.568. The Hall–Kier alpha value is -2.97. The Morgan fingerprint density at radius 2 is 1.20 bits per heavy atom. The molecule has 0 spiro atoms. The summed E-state index contributed by atoms with van der Waals surface area (Å²) in [5.41, 5.74) is 0. The zero-order valence-corrected chi connectivity index (χ0v) is 30.5. The molecule has 1 aliphatic rings. The van der Waals surface area contributed by atoms with Gasteiger partial charge in [0.15, 0.2) is 6.10 Å². The second-order valence-electron chi connectivity index (χ2n) is 11.7. The van der Waals surface area contributed by atoms with Crippen molar-refractivity contribution >= 4 is 19.8 Å². The van der Waals surface area contributed by atoms with Crippen molar-refractivity contribution in [2.75, 3.05) is 13.2 Å². The molecule has 1 saturated carbocycles. The van der Waals surface area contributed by atoms with Crippen LogP contribution in [0.1, 0.15) is 78.1 Å². The Bertz CT molecular complexity index is 1220. The minimum absolute atomic E-state index is 0.0282. The normalized spacial score (nSPS) is 24.9. The molecule has 14 heteroatoms. The summed E-state index contributed by atoms with van der Waals surface area (Å²) in [6.07, 6.45) is 20.1. The van der Waals surface area contributed by atoms with Gasteiger partial charge in [-0.25, -0.2) is 4.57 Å². The topological polar surface area (TPSA) is 210 Å². The lowest BCUT2D eigenvalue weighted by molar-refractivity contribution is -0.220. The third kappa shape index (κ3) is 21.2. The molecule has 0 radical (unpaired) electrons. The van der Waals surface area contributed by atoms with Crippen molar-refractivity contribution in [2.24, 2.45) is 0 Å². The van der Waals surface area contributed by atoms with Gasteiger partial charge in [-0.3, -0.25) is 18.6 Å². The van der Waals surface area contributed by atoms with Crippen LogP contribution in [0.25, 0.3) is 0 Å². The predicted octanol–water partition coefficient (Wildman–Crippen LogP) is 4.60. The SMILES string of the molecule is CC/C=C/C=C/C=C/C=C/CCCCCC(=O)OC(COC(=O)C/C=C/C/C=C/C/C=C/CC)COP(=O)(O)OC1C(O)C(O)C(O)[C@@H](O)C1O. The molecule has 1 aliphatic carbocycles. The molecule has 1 rings (SSSR count). The van der Waals surface area contributed by atoms with Gasteiger partial charge in [-0.2, -0.15) is 0 Å². The summed E-state index contributed by atoms with van der Waals surface area (Å²) >= 11 is 0. The van der Waals surface area contributed by atoms with Gasteiger partial charge in [0.1, 0.15) is 43.2 Å². The molecule has 8 atom stereocenters. The summed E-state index contributed by atoms with van der Waals surface area (Å²) in [7, 11) is -5.14. The molecule has 0 bridgehead atoms. The van der Waals surface area contributed by atoms with E-state index in [-0.39, 0.29) is 12.8 Å². The van der Waals surface area contributed by atoms with Gasteiger partial charge in [0.2, 0.25) is 0 Å². The maximum atomic E-state index is 12.7. The number of esters is 2. The molecule has 0 aliphatic heterocycles. The molecule has 0 saturated heterocycles. The lowest BCUT2D eigenvalue weighted by Crippen LogP contribution is -2.64. The van der Waals surface area contributed by atoms with Gasteiger partial charge >= 0.3 is 19.8 Å². The first kappa shape index (κ1) is 46.1. The number of aliphatic hydroxyl groups is 5. The van der Waals surface area contributed by atoms with Crippen LogP contribution in [0, 0.1) is 0 Å². The maximum absolute atomic E-state index is 12.7. The molecule has 0 aromatic rings. The smallest absolute Gasteiger partial charge is 0.461 e. The largest absolute Gasteiger partial charge is 0.472 e. The van der Waals surface area contributed by atoms with E-state index in [1.165, 1.54) is 0 Å². The summed E-state index contributed by atoms with van der Waals surface area (Å²) in [6.45, 7) is 2.83. The molecule has 51 heavy (non-hydrogen) atoms. The first-order valence-electron chi connectivity index (χ1n) is 17.4. The van der Waals surface area contributed by atoms with Gasteiger partial charge < -0.3 is 39.9 Å². The number of rotatable bonds is 25. The van der Waals surface area contributed by atoms with Gasteiger partial charge in [-0.15, -0.1) is 0 Å². The summed E-state index contributed by atoms with van der Waals surface area (Å²) in [5, 5.41) is 49.8. The lowest BCUT2D eigenvalue weighted by atomic mass is 9.85. The van der Waals surface area contributed by atoms with E-state index in [1.807, 2.05) is 54.7 Å². The summed E-state index contributed by atoms with van der Waals surface area (Å²) in [4.78, 5) is 35.2. The summed E-state index contributed by atoms with van der Waals surface area (Å²) in [5.74, 6) is -1.30. The highest BCUT2D eigenvalue weighted by molar-refractivity contribution is 7.47. The summed E-state index contributed by atoms with van der Waals surface area (Å²) in [6, 6.07) is 0. The first-order chi connectivity index (χ1) is 24.4. The zero-order chi connectivity index (χ0) is 37.9. The second-order valence-corrected chi connectivity index (χ2v) is 13.1. The average molecular weight is 741 g/mol. The predicted molar refractivity (Wildman–Crippen MR) is 193 cm³/mol. The number of unbranched alkanes of at least 4 members (excludes halogenated alkanes) is 3. The number of allylic oxidation sites excluding steroid dienone is 13. The number of ether oxygens (including phenoxy) is 2. The number of hydrogen-bond donors (Lipinski definition) is 6. The molecular weight excluding hydrogens is 683 g/mol. The van der Waals surface area contributed by atoms with Crippen LogP contribution in [-0.2, 0) is 32.7 Å². The zero-order valence-electron chi connectivity index (χ0n) is 29.6. The molecule has 0 heterocycles. The van der Waals surface area contributed by atoms with Crippen molar-refractivity contribution in [3.63, 3.8) is 0 Å². The van der Waals surface area contributed by atoms with Crippen molar-refractivity contribution in [1.29, 1.82) is 0 Å². The molecule has 6 N–H and O–H groups in total.